The van der Waals surface area contributed by atoms with Crippen molar-refractivity contribution in [3.8, 4) is 5.88 Å². The van der Waals surface area contributed by atoms with Crippen molar-refractivity contribution < 1.29 is 4.74 Å². The van der Waals surface area contributed by atoms with Crippen LogP contribution in [-0.2, 0) is 0 Å². The number of hydrogen-bond acceptors (Lipinski definition) is 4. The second kappa shape index (κ2) is 6.47. The maximum absolute atomic E-state index is 5.72. The highest BCUT2D eigenvalue weighted by Gasteiger charge is 2.13. The van der Waals surface area contributed by atoms with Crippen LogP contribution in [0.4, 0.5) is 11.5 Å². The van der Waals surface area contributed by atoms with Gasteiger partial charge in [0.1, 0.15) is 5.82 Å². The average Bonchev–Trinajstić information content (AvgIpc) is 2.89. The van der Waals surface area contributed by atoms with E-state index in [-0.39, 0.29) is 0 Å². The molecule has 3 N–H and O–H groups in total. The molecule has 0 amide bonds. The number of pyridine rings is 1. The van der Waals surface area contributed by atoms with Crippen molar-refractivity contribution in [3.63, 3.8) is 0 Å². The fraction of sp³-hybridized carbons (Fsp3) is 0.643. The molecule has 100 valence electrons. The van der Waals surface area contributed by atoms with Gasteiger partial charge in [0.05, 0.1) is 12.8 Å². The highest BCUT2D eigenvalue weighted by atomic mass is 16.5. The summed E-state index contributed by atoms with van der Waals surface area (Å²) in [5.41, 5.74) is 6.30. The Morgan fingerprint density at radius 3 is 2.89 bits per heavy atom. The lowest BCUT2D eigenvalue weighted by Gasteiger charge is -2.10. The third-order valence-corrected chi connectivity index (χ3v) is 3.65. The van der Waals surface area contributed by atoms with Crippen LogP contribution in [0.25, 0.3) is 0 Å². The molecule has 0 radical (unpaired) electrons. The molecule has 18 heavy (non-hydrogen) atoms. The fourth-order valence-corrected chi connectivity index (χ4v) is 2.62. The van der Waals surface area contributed by atoms with Crippen LogP contribution in [0, 0.1) is 5.92 Å². The number of ether oxygens (including phenoxy) is 1. The molecule has 2 rings (SSSR count). The number of nitrogen functional groups attached to an aromatic ring is 1. The van der Waals surface area contributed by atoms with Crippen LogP contribution in [-0.4, -0.2) is 18.6 Å². The van der Waals surface area contributed by atoms with E-state index >= 15 is 0 Å². The van der Waals surface area contributed by atoms with Crippen LogP contribution in [0.15, 0.2) is 12.1 Å². The standard InChI is InChI=1S/C14H23N3O/c1-18-14-12(15)8-9-13(17-14)16-10-4-7-11-5-2-3-6-11/h8-9,11H,2-7,10,15H2,1H3,(H,16,17). The second-order valence-electron chi connectivity index (χ2n) is 5.01. The van der Waals surface area contributed by atoms with Gasteiger partial charge in [-0.25, -0.2) is 0 Å². The summed E-state index contributed by atoms with van der Waals surface area (Å²) in [6.45, 7) is 0.969. The Balaban J connectivity index is 1.72. The van der Waals surface area contributed by atoms with E-state index in [1.54, 1.807) is 7.11 Å². The summed E-state index contributed by atoms with van der Waals surface area (Å²) in [6.07, 6.45) is 8.24. The molecular weight excluding hydrogens is 226 g/mol. The van der Waals surface area contributed by atoms with E-state index in [2.05, 4.69) is 10.3 Å². The summed E-state index contributed by atoms with van der Waals surface area (Å²) < 4.78 is 5.10. The van der Waals surface area contributed by atoms with Crippen molar-refractivity contribution in [2.24, 2.45) is 5.92 Å². The maximum Gasteiger partial charge on any atom is 0.238 e. The minimum Gasteiger partial charge on any atom is -0.479 e. The molecule has 1 saturated carbocycles. The quantitative estimate of drug-likeness (QED) is 0.761. The van der Waals surface area contributed by atoms with Crippen LogP contribution >= 0.6 is 0 Å². The van der Waals surface area contributed by atoms with Gasteiger partial charge < -0.3 is 15.8 Å². The zero-order chi connectivity index (χ0) is 12.8. The van der Waals surface area contributed by atoms with E-state index in [0.717, 1.165) is 18.3 Å². The van der Waals surface area contributed by atoms with Crippen molar-refractivity contribution in [2.45, 2.75) is 38.5 Å². The second-order valence-corrected chi connectivity index (χ2v) is 5.01. The van der Waals surface area contributed by atoms with Crippen molar-refractivity contribution in [1.82, 2.24) is 4.98 Å². The molecule has 1 fully saturated rings. The smallest absolute Gasteiger partial charge is 0.238 e. The van der Waals surface area contributed by atoms with Crippen LogP contribution in [0.2, 0.25) is 0 Å². The van der Waals surface area contributed by atoms with Crippen molar-refractivity contribution in [2.75, 3.05) is 24.7 Å². The van der Waals surface area contributed by atoms with Gasteiger partial charge in [-0.1, -0.05) is 25.7 Å². The number of nitrogens with one attached hydrogen (secondary N) is 1. The topological polar surface area (TPSA) is 60.2 Å². The van der Waals surface area contributed by atoms with Crippen LogP contribution in [0.1, 0.15) is 38.5 Å². The van der Waals surface area contributed by atoms with E-state index in [1.165, 1.54) is 38.5 Å². The number of methoxy groups -OCH3 is 1. The Labute approximate surface area is 109 Å². The minimum absolute atomic E-state index is 0.496. The molecular formula is C14H23N3O. The van der Waals surface area contributed by atoms with Gasteiger partial charge in [0.2, 0.25) is 5.88 Å². The molecule has 0 aromatic carbocycles. The van der Waals surface area contributed by atoms with E-state index in [1.807, 2.05) is 12.1 Å². The molecule has 0 saturated heterocycles. The molecule has 0 bridgehead atoms. The zero-order valence-electron chi connectivity index (χ0n) is 11.1. The lowest BCUT2D eigenvalue weighted by atomic mass is 10.0. The first-order chi connectivity index (χ1) is 8.79. The Morgan fingerprint density at radius 1 is 1.39 bits per heavy atom. The molecule has 0 unspecified atom stereocenters. The third-order valence-electron chi connectivity index (χ3n) is 3.65. The van der Waals surface area contributed by atoms with Crippen molar-refractivity contribution in [1.29, 1.82) is 0 Å². The molecule has 0 aliphatic heterocycles. The number of anilines is 2. The van der Waals surface area contributed by atoms with Gasteiger partial charge >= 0.3 is 0 Å². The van der Waals surface area contributed by atoms with E-state index in [4.69, 9.17) is 10.5 Å². The molecule has 4 nitrogen and oxygen atoms in total. The number of nitrogens with zero attached hydrogens (tertiary/aromatic N) is 1. The van der Waals surface area contributed by atoms with Crippen LogP contribution in [0.3, 0.4) is 0 Å². The molecule has 4 heteroatoms. The lowest BCUT2D eigenvalue weighted by Crippen LogP contribution is -2.06. The van der Waals surface area contributed by atoms with E-state index in [0.29, 0.717) is 11.6 Å². The monoisotopic (exact) mass is 249 g/mol. The number of nitrogens with two attached hydrogens (primary N) is 1. The van der Waals surface area contributed by atoms with Gasteiger partial charge in [-0.05, 0) is 30.9 Å². The van der Waals surface area contributed by atoms with Gasteiger partial charge in [-0.2, -0.15) is 4.98 Å². The fourth-order valence-electron chi connectivity index (χ4n) is 2.62. The maximum atomic E-state index is 5.72. The minimum atomic E-state index is 0.496. The summed E-state index contributed by atoms with van der Waals surface area (Å²) >= 11 is 0. The normalized spacial score (nSPS) is 15.8. The SMILES string of the molecule is COc1nc(NCCCC2CCCC2)ccc1N. The summed E-state index contributed by atoms with van der Waals surface area (Å²) in [5, 5.41) is 3.32. The molecule has 1 aromatic heterocycles. The first-order valence-corrected chi connectivity index (χ1v) is 6.84. The summed E-state index contributed by atoms with van der Waals surface area (Å²) in [7, 11) is 1.59. The predicted octanol–water partition coefficient (Wildman–Crippen LogP) is 3.05. The summed E-state index contributed by atoms with van der Waals surface area (Å²) in [4.78, 5) is 4.30. The number of aromatic nitrogens is 1. The first kappa shape index (κ1) is 13.0. The van der Waals surface area contributed by atoms with Gasteiger partial charge in [-0.15, -0.1) is 0 Å². The Bertz CT molecular complexity index is 375. The summed E-state index contributed by atoms with van der Waals surface area (Å²) in [6, 6.07) is 3.72. The zero-order valence-corrected chi connectivity index (χ0v) is 11.1. The lowest BCUT2D eigenvalue weighted by molar-refractivity contribution is 0.401. The highest BCUT2D eigenvalue weighted by molar-refractivity contribution is 5.53. The number of hydrogen-bond donors (Lipinski definition) is 2. The van der Waals surface area contributed by atoms with Gasteiger partial charge in [0.15, 0.2) is 0 Å². The van der Waals surface area contributed by atoms with Crippen molar-refractivity contribution in [3.05, 3.63) is 12.1 Å². The van der Waals surface area contributed by atoms with Gasteiger partial charge in [0, 0.05) is 6.54 Å². The molecule has 1 aliphatic carbocycles. The van der Waals surface area contributed by atoms with Gasteiger partial charge in [-0.3, -0.25) is 0 Å². The van der Waals surface area contributed by atoms with Crippen LogP contribution < -0.4 is 15.8 Å². The Morgan fingerprint density at radius 2 is 2.17 bits per heavy atom. The molecule has 1 aromatic rings. The number of rotatable bonds is 6. The van der Waals surface area contributed by atoms with Crippen LogP contribution in [0.5, 0.6) is 5.88 Å². The first-order valence-electron chi connectivity index (χ1n) is 6.84. The Kier molecular flexibility index (Phi) is 4.67. The molecule has 1 heterocycles. The molecule has 1 aliphatic rings. The highest BCUT2D eigenvalue weighted by Crippen LogP contribution is 2.28. The van der Waals surface area contributed by atoms with E-state index in [9.17, 15) is 0 Å². The molecule has 0 atom stereocenters. The predicted molar refractivity (Wildman–Crippen MR) is 74.9 cm³/mol. The third kappa shape index (κ3) is 3.52. The Hall–Kier alpha value is -1.45. The molecule has 0 spiro atoms. The van der Waals surface area contributed by atoms with Crippen molar-refractivity contribution >= 4 is 11.5 Å². The van der Waals surface area contributed by atoms with E-state index < -0.39 is 0 Å². The summed E-state index contributed by atoms with van der Waals surface area (Å²) in [5.74, 6) is 2.30. The van der Waals surface area contributed by atoms with Gasteiger partial charge in [0.25, 0.3) is 0 Å². The average molecular weight is 249 g/mol. The largest absolute Gasteiger partial charge is 0.479 e.